The number of halogens is 4. The van der Waals surface area contributed by atoms with Crippen molar-refractivity contribution in [2.75, 3.05) is 5.32 Å². The van der Waals surface area contributed by atoms with Gasteiger partial charge in [0, 0.05) is 18.8 Å². The van der Waals surface area contributed by atoms with Crippen molar-refractivity contribution in [1.82, 2.24) is 19.7 Å². The highest BCUT2D eigenvalue weighted by Gasteiger charge is 2.44. The van der Waals surface area contributed by atoms with E-state index in [0.717, 1.165) is 11.6 Å². The molecule has 1 aromatic carbocycles. The molecule has 4 rings (SSSR count). The number of nitrogens with two attached hydrogens (primary N) is 1. The number of fused-ring (bicyclic) bond motifs is 3. The van der Waals surface area contributed by atoms with Crippen LogP contribution in [0.4, 0.5) is 29.2 Å². The van der Waals surface area contributed by atoms with Gasteiger partial charge in [0.25, 0.3) is 5.91 Å². The van der Waals surface area contributed by atoms with E-state index in [1.54, 1.807) is 13.2 Å². The largest absolute Gasteiger partial charge is 0.461 e. The van der Waals surface area contributed by atoms with Gasteiger partial charge in [-0.15, -0.1) is 0 Å². The molecule has 1 aliphatic carbocycles. The van der Waals surface area contributed by atoms with Crippen molar-refractivity contribution >= 4 is 17.5 Å². The van der Waals surface area contributed by atoms with E-state index >= 15 is 0 Å². The summed E-state index contributed by atoms with van der Waals surface area (Å²) in [7, 11) is 1.64. The third kappa shape index (κ3) is 3.76. The molecule has 31 heavy (non-hydrogen) atoms. The van der Waals surface area contributed by atoms with E-state index in [9.17, 15) is 22.4 Å². The second-order valence-corrected chi connectivity index (χ2v) is 6.82. The molecule has 162 valence electrons. The molecule has 8 nitrogen and oxygen atoms in total. The second kappa shape index (κ2) is 7.52. The zero-order chi connectivity index (χ0) is 22.3. The first-order valence-corrected chi connectivity index (χ1v) is 9.10. The molecule has 0 radical (unpaired) electrons. The topological polar surface area (TPSA) is 108 Å². The van der Waals surface area contributed by atoms with Crippen LogP contribution in [0.2, 0.25) is 0 Å². The normalized spacial score (nSPS) is 13.0. The Bertz CT molecular complexity index is 1160. The first-order valence-electron chi connectivity index (χ1n) is 9.10. The number of rotatable bonds is 6. The van der Waals surface area contributed by atoms with Gasteiger partial charge in [0.1, 0.15) is 5.75 Å². The maximum Gasteiger partial charge on any atom is 0.461 e. The van der Waals surface area contributed by atoms with Gasteiger partial charge in [-0.05, 0) is 30.5 Å². The summed E-state index contributed by atoms with van der Waals surface area (Å²) in [5, 5.41) is 6.88. The molecule has 0 saturated carbocycles. The average Bonchev–Trinajstić information content (AvgIpc) is 3.06. The van der Waals surface area contributed by atoms with E-state index in [-0.39, 0.29) is 17.3 Å². The lowest BCUT2D eigenvalue weighted by atomic mass is 9.93. The van der Waals surface area contributed by atoms with E-state index in [0.29, 0.717) is 29.8 Å². The summed E-state index contributed by atoms with van der Waals surface area (Å²) in [5.74, 6) is -1.13. The monoisotopic (exact) mass is 436 g/mol. The number of primary amides is 1. The van der Waals surface area contributed by atoms with Gasteiger partial charge < -0.3 is 15.8 Å². The summed E-state index contributed by atoms with van der Waals surface area (Å²) < 4.78 is 57.5. The van der Waals surface area contributed by atoms with Gasteiger partial charge in [-0.2, -0.15) is 22.7 Å². The highest BCUT2D eigenvalue weighted by Crippen LogP contribution is 2.36. The van der Waals surface area contributed by atoms with Crippen LogP contribution in [0.3, 0.4) is 0 Å². The highest BCUT2D eigenvalue weighted by molar-refractivity contribution is 5.94. The molecule has 3 N–H and O–H groups in total. The maximum atomic E-state index is 13.4. The van der Waals surface area contributed by atoms with E-state index in [2.05, 4.69) is 25.1 Å². The molecule has 12 heteroatoms. The zero-order valence-corrected chi connectivity index (χ0v) is 16.1. The number of carbonyl (C=O) groups is 1. The number of aromatic nitrogens is 4. The van der Waals surface area contributed by atoms with Gasteiger partial charge in [-0.1, -0.05) is 12.1 Å². The molecule has 0 spiro atoms. The number of anilines is 2. The number of ether oxygens (including phenoxy) is 1. The molecule has 1 aliphatic rings. The van der Waals surface area contributed by atoms with Crippen LogP contribution in [0, 0.1) is 0 Å². The van der Waals surface area contributed by atoms with Gasteiger partial charge in [0.05, 0.1) is 17.1 Å². The summed E-state index contributed by atoms with van der Waals surface area (Å²) in [5.41, 5.74) is 8.08. The van der Waals surface area contributed by atoms with Crippen LogP contribution in [-0.2, 0) is 19.9 Å². The Morgan fingerprint density at radius 1 is 1.29 bits per heavy atom. The minimum Gasteiger partial charge on any atom is -0.426 e. The number of benzene rings is 1. The fraction of sp³-hybridized carbons (Fsp3) is 0.263. The van der Waals surface area contributed by atoms with Crippen LogP contribution in [0.15, 0.2) is 30.5 Å². The van der Waals surface area contributed by atoms with E-state index in [4.69, 9.17) is 5.73 Å². The Balaban J connectivity index is 1.70. The van der Waals surface area contributed by atoms with Crippen molar-refractivity contribution < 1.29 is 27.1 Å². The Morgan fingerprint density at radius 2 is 2.03 bits per heavy atom. The minimum absolute atomic E-state index is 0.0184. The smallest absolute Gasteiger partial charge is 0.426 e. The Labute approximate surface area is 173 Å². The predicted octanol–water partition coefficient (Wildman–Crippen LogP) is 3.05. The quantitative estimate of drug-likeness (QED) is 0.575. The summed E-state index contributed by atoms with van der Waals surface area (Å²) in [6.45, 7) is 0. The number of carbonyl (C=O) groups excluding carboxylic acids is 1. The van der Waals surface area contributed by atoms with Crippen molar-refractivity contribution in [3.63, 3.8) is 0 Å². The molecule has 0 atom stereocenters. The molecule has 0 bridgehead atoms. The lowest BCUT2D eigenvalue weighted by Crippen LogP contribution is -2.33. The van der Waals surface area contributed by atoms with Crippen molar-refractivity contribution in [3.8, 4) is 17.1 Å². The third-order valence-electron chi connectivity index (χ3n) is 4.75. The first kappa shape index (κ1) is 20.6. The Kier molecular flexibility index (Phi) is 4.99. The van der Waals surface area contributed by atoms with Gasteiger partial charge in [0.15, 0.2) is 5.69 Å². The number of aryl methyl sites for hydroxylation is 2. The molecule has 2 heterocycles. The lowest BCUT2D eigenvalue weighted by molar-refractivity contribution is -0.252. The van der Waals surface area contributed by atoms with Crippen molar-refractivity contribution in [2.45, 2.75) is 25.4 Å². The van der Waals surface area contributed by atoms with Crippen molar-refractivity contribution in [1.29, 1.82) is 0 Å². The molecule has 0 saturated heterocycles. The molecule has 0 aliphatic heterocycles. The summed E-state index contributed by atoms with van der Waals surface area (Å²) in [4.78, 5) is 20.3. The maximum absolute atomic E-state index is 13.4. The number of hydrogen-bond donors (Lipinski definition) is 2. The first-order chi connectivity index (χ1) is 14.7. The standard InChI is InChI=1S/C19H16F4N6O2/c1-29-15-10(14(28-29)16(24)30)7-6-9-8-25-18(27-13(9)15)26-11-4-2-3-5-12(11)31-19(22,23)17(20)21/h2-5,8,17H,6-7H2,1H3,(H2,24,30)(H,25,26,27). The molecule has 1 amide bonds. The average molecular weight is 436 g/mol. The zero-order valence-electron chi connectivity index (χ0n) is 16.1. The third-order valence-corrected chi connectivity index (χ3v) is 4.75. The van der Waals surface area contributed by atoms with Crippen LogP contribution in [-0.4, -0.2) is 38.2 Å². The fourth-order valence-corrected chi connectivity index (χ4v) is 3.38. The van der Waals surface area contributed by atoms with Crippen LogP contribution in [0.25, 0.3) is 11.4 Å². The lowest BCUT2D eigenvalue weighted by Gasteiger charge is -2.20. The van der Waals surface area contributed by atoms with Crippen LogP contribution >= 0.6 is 0 Å². The summed E-state index contributed by atoms with van der Waals surface area (Å²) >= 11 is 0. The van der Waals surface area contributed by atoms with Crippen molar-refractivity contribution in [2.24, 2.45) is 12.8 Å². The van der Waals surface area contributed by atoms with E-state index in [1.165, 1.54) is 22.9 Å². The number of alkyl halides is 4. The Morgan fingerprint density at radius 3 is 2.74 bits per heavy atom. The fourth-order valence-electron chi connectivity index (χ4n) is 3.38. The van der Waals surface area contributed by atoms with Crippen LogP contribution < -0.4 is 15.8 Å². The number of nitrogens with zero attached hydrogens (tertiary/aromatic N) is 4. The SMILES string of the molecule is Cn1nc(C(N)=O)c2c1-c1nc(Nc3ccccc3OC(F)(F)C(F)F)ncc1CC2. The van der Waals surface area contributed by atoms with Gasteiger partial charge in [-0.25, -0.2) is 9.97 Å². The molecular formula is C19H16F4N6O2. The number of amides is 1. The van der Waals surface area contributed by atoms with Crippen molar-refractivity contribution in [3.05, 3.63) is 47.3 Å². The van der Waals surface area contributed by atoms with E-state index in [1.807, 2.05) is 0 Å². The van der Waals surface area contributed by atoms with Crippen LogP contribution in [0.1, 0.15) is 21.6 Å². The van der Waals surface area contributed by atoms with Gasteiger partial charge >= 0.3 is 12.5 Å². The molecular weight excluding hydrogens is 420 g/mol. The minimum atomic E-state index is -4.66. The molecule has 2 aromatic heterocycles. The van der Waals surface area contributed by atoms with Gasteiger partial charge in [0.2, 0.25) is 5.95 Å². The predicted molar refractivity (Wildman–Crippen MR) is 101 cm³/mol. The molecule has 0 fully saturated rings. The number of nitrogens with one attached hydrogen (secondary N) is 1. The summed E-state index contributed by atoms with van der Waals surface area (Å²) in [6, 6.07) is 5.35. The molecule has 0 unspecified atom stereocenters. The molecule has 3 aromatic rings. The number of hydrogen-bond acceptors (Lipinski definition) is 6. The van der Waals surface area contributed by atoms with E-state index < -0.39 is 24.2 Å². The number of para-hydroxylation sites is 2. The van der Waals surface area contributed by atoms with Gasteiger partial charge in [-0.3, -0.25) is 9.48 Å². The summed E-state index contributed by atoms with van der Waals surface area (Å²) in [6.07, 6.45) is -6.02. The second-order valence-electron chi connectivity index (χ2n) is 6.82. The Hall–Kier alpha value is -3.70. The highest BCUT2D eigenvalue weighted by atomic mass is 19.3. The van der Waals surface area contributed by atoms with Crippen LogP contribution in [0.5, 0.6) is 5.75 Å².